The number of likely N-dealkylation sites (tertiary alicyclic amines) is 1. The van der Waals surface area contributed by atoms with Crippen LogP contribution in [0, 0.1) is 6.92 Å². The van der Waals surface area contributed by atoms with E-state index in [1.807, 2.05) is 28.8 Å². The predicted octanol–water partition coefficient (Wildman–Crippen LogP) is 4.32. The first-order valence-corrected chi connectivity index (χ1v) is 12.0. The van der Waals surface area contributed by atoms with Gasteiger partial charge < -0.3 is 4.74 Å². The number of aryl methyl sites for hydroxylation is 3. The molecule has 6 heteroatoms. The number of thiophene rings is 1. The van der Waals surface area contributed by atoms with Gasteiger partial charge in [0.25, 0.3) is 5.56 Å². The van der Waals surface area contributed by atoms with Crippen molar-refractivity contribution in [2.45, 2.75) is 58.5 Å². The van der Waals surface area contributed by atoms with E-state index in [0.29, 0.717) is 13.2 Å². The summed E-state index contributed by atoms with van der Waals surface area (Å²) >= 11 is 1.74. The van der Waals surface area contributed by atoms with Crippen LogP contribution in [0.3, 0.4) is 0 Å². The van der Waals surface area contributed by atoms with E-state index in [4.69, 9.17) is 9.72 Å². The Hall–Kier alpha value is -2.18. The van der Waals surface area contributed by atoms with Crippen LogP contribution in [0.25, 0.3) is 10.2 Å². The summed E-state index contributed by atoms with van der Waals surface area (Å²) in [6, 6.07) is 8.07. The molecule has 0 spiro atoms. The minimum Gasteiger partial charge on any atom is -0.492 e. The van der Waals surface area contributed by atoms with E-state index in [1.54, 1.807) is 11.3 Å². The van der Waals surface area contributed by atoms with Crippen molar-refractivity contribution in [3.8, 4) is 5.75 Å². The molecule has 1 fully saturated rings. The van der Waals surface area contributed by atoms with Crippen molar-refractivity contribution < 1.29 is 4.74 Å². The fraction of sp³-hybridized carbons (Fsp3) is 0.500. The Morgan fingerprint density at radius 1 is 1.07 bits per heavy atom. The molecule has 3 aromatic rings. The van der Waals surface area contributed by atoms with Crippen LogP contribution in [0.1, 0.15) is 47.5 Å². The molecule has 2 aliphatic rings. The average Bonchev–Trinajstić information content (AvgIpc) is 3.39. The molecule has 0 bridgehead atoms. The summed E-state index contributed by atoms with van der Waals surface area (Å²) in [6.07, 6.45) is 6.96. The van der Waals surface area contributed by atoms with Crippen LogP contribution >= 0.6 is 11.3 Å². The van der Waals surface area contributed by atoms with Crippen molar-refractivity contribution in [2.24, 2.45) is 0 Å². The Balaban J connectivity index is 1.47. The topological polar surface area (TPSA) is 47.4 Å². The fourth-order valence-electron chi connectivity index (χ4n) is 4.66. The lowest BCUT2D eigenvalue weighted by molar-refractivity contribution is 0.279. The molecule has 2 aromatic heterocycles. The quantitative estimate of drug-likeness (QED) is 0.592. The van der Waals surface area contributed by atoms with Gasteiger partial charge in [-0.25, -0.2) is 4.98 Å². The molecule has 5 rings (SSSR count). The Morgan fingerprint density at radius 2 is 1.83 bits per heavy atom. The molecule has 0 radical (unpaired) electrons. The first kappa shape index (κ1) is 19.8. The first-order chi connectivity index (χ1) is 14.7. The van der Waals surface area contributed by atoms with Gasteiger partial charge >= 0.3 is 0 Å². The van der Waals surface area contributed by atoms with Crippen molar-refractivity contribution in [3.63, 3.8) is 0 Å². The van der Waals surface area contributed by atoms with Gasteiger partial charge in [-0.3, -0.25) is 14.3 Å². The van der Waals surface area contributed by atoms with Gasteiger partial charge in [-0.2, -0.15) is 0 Å². The molecule has 1 aromatic carbocycles. The van der Waals surface area contributed by atoms with Gasteiger partial charge in [0, 0.05) is 4.88 Å². The van der Waals surface area contributed by atoms with E-state index >= 15 is 0 Å². The van der Waals surface area contributed by atoms with Gasteiger partial charge in [-0.1, -0.05) is 17.7 Å². The second-order valence-electron chi connectivity index (χ2n) is 8.52. The van der Waals surface area contributed by atoms with Crippen LogP contribution in [-0.2, 0) is 25.9 Å². The summed E-state index contributed by atoms with van der Waals surface area (Å²) in [5.41, 5.74) is 2.60. The molecule has 3 heterocycles. The summed E-state index contributed by atoms with van der Waals surface area (Å²) < 4.78 is 7.84. The van der Waals surface area contributed by atoms with Gasteiger partial charge in [0.2, 0.25) is 0 Å². The minimum atomic E-state index is 0.126. The first-order valence-electron chi connectivity index (χ1n) is 11.1. The highest BCUT2D eigenvalue weighted by atomic mass is 32.1. The molecule has 30 heavy (non-hydrogen) atoms. The fourth-order valence-corrected chi connectivity index (χ4v) is 5.93. The van der Waals surface area contributed by atoms with E-state index in [1.165, 1.54) is 41.7 Å². The number of aromatic nitrogens is 2. The zero-order valence-electron chi connectivity index (χ0n) is 17.7. The van der Waals surface area contributed by atoms with Crippen molar-refractivity contribution in [3.05, 3.63) is 56.4 Å². The SMILES string of the molecule is Cc1ccc(OCCn2c(CN3CCCC3)nc3sc4c(c3c2=O)CCCC4)cc1. The number of benzene rings is 1. The van der Waals surface area contributed by atoms with Gasteiger partial charge in [0.1, 0.15) is 23.0 Å². The van der Waals surface area contributed by atoms with Crippen LogP contribution in [0.15, 0.2) is 29.1 Å². The van der Waals surface area contributed by atoms with Crippen LogP contribution in [-0.4, -0.2) is 34.1 Å². The molecule has 0 N–H and O–H groups in total. The Kier molecular flexibility index (Phi) is 5.61. The minimum absolute atomic E-state index is 0.126. The number of hydrogen-bond acceptors (Lipinski definition) is 5. The van der Waals surface area contributed by atoms with Gasteiger partial charge in [0.05, 0.1) is 18.5 Å². The van der Waals surface area contributed by atoms with Crippen molar-refractivity contribution in [1.29, 1.82) is 0 Å². The van der Waals surface area contributed by atoms with Crippen LogP contribution in [0.5, 0.6) is 5.75 Å². The lowest BCUT2D eigenvalue weighted by Crippen LogP contribution is -2.31. The summed E-state index contributed by atoms with van der Waals surface area (Å²) in [4.78, 5) is 23.4. The second kappa shape index (κ2) is 8.52. The van der Waals surface area contributed by atoms with E-state index in [-0.39, 0.29) is 5.56 Å². The maximum Gasteiger partial charge on any atom is 0.262 e. The Labute approximate surface area is 181 Å². The molecule has 0 atom stereocenters. The normalized spacial score (nSPS) is 16.8. The number of fused-ring (bicyclic) bond motifs is 3. The zero-order chi connectivity index (χ0) is 20.5. The highest BCUT2D eigenvalue weighted by Gasteiger charge is 2.23. The van der Waals surface area contributed by atoms with Gasteiger partial charge in [0.15, 0.2) is 0 Å². The molecule has 0 saturated carbocycles. The maximum atomic E-state index is 13.6. The molecule has 1 aliphatic heterocycles. The van der Waals surface area contributed by atoms with Crippen molar-refractivity contribution >= 4 is 21.6 Å². The molecule has 0 amide bonds. The zero-order valence-corrected chi connectivity index (χ0v) is 18.5. The third-order valence-electron chi connectivity index (χ3n) is 6.32. The molecular formula is C24H29N3O2S. The molecule has 0 unspecified atom stereocenters. The van der Waals surface area contributed by atoms with Crippen molar-refractivity contribution in [1.82, 2.24) is 14.5 Å². The predicted molar refractivity (Wildman–Crippen MR) is 122 cm³/mol. The smallest absolute Gasteiger partial charge is 0.262 e. The molecule has 5 nitrogen and oxygen atoms in total. The Bertz CT molecular complexity index is 1090. The molecule has 158 valence electrons. The van der Waals surface area contributed by atoms with Crippen molar-refractivity contribution in [2.75, 3.05) is 19.7 Å². The number of rotatable bonds is 6. The van der Waals surface area contributed by atoms with E-state index in [0.717, 1.165) is 54.3 Å². The van der Waals surface area contributed by atoms with Gasteiger partial charge in [-0.15, -0.1) is 11.3 Å². The lowest BCUT2D eigenvalue weighted by atomic mass is 9.97. The van der Waals surface area contributed by atoms with Crippen LogP contribution < -0.4 is 10.3 Å². The molecule has 1 aliphatic carbocycles. The summed E-state index contributed by atoms with van der Waals surface area (Å²) in [7, 11) is 0. The summed E-state index contributed by atoms with van der Waals surface area (Å²) in [5.74, 6) is 1.73. The number of hydrogen-bond donors (Lipinski definition) is 0. The summed E-state index contributed by atoms with van der Waals surface area (Å²) in [5, 5.41) is 0.871. The highest BCUT2D eigenvalue weighted by molar-refractivity contribution is 7.18. The van der Waals surface area contributed by atoms with Crippen LogP contribution in [0.2, 0.25) is 0 Å². The average molecular weight is 424 g/mol. The maximum absolute atomic E-state index is 13.6. The van der Waals surface area contributed by atoms with E-state index in [9.17, 15) is 4.79 Å². The van der Waals surface area contributed by atoms with E-state index < -0.39 is 0 Å². The monoisotopic (exact) mass is 423 g/mol. The standard InChI is InChI=1S/C24H29N3O2S/c1-17-8-10-18(11-9-17)29-15-14-27-21(16-26-12-4-5-13-26)25-23-22(24(27)28)19-6-2-3-7-20(19)30-23/h8-11H,2-7,12-16H2,1H3. The lowest BCUT2D eigenvalue weighted by Gasteiger charge is -2.19. The third-order valence-corrected chi connectivity index (χ3v) is 7.51. The highest BCUT2D eigenvalue weighted by Crippen LogP contribution is 2.34. The van der Waals surface area contributed by atoms with E-state index in [2.05, 4.69) is 11.8 Å². The summed E-state index contributed by atoms with van der Waals surface area (Å²) in [6.45, 7) is 6.00. The van der Waals surface area contributed by atoms with Gasteiger partial charge in [-0.05, 0) is 76.2 Å². The number of ether oxygens (including phenoxy) is 1. The van der Waals surface area contributed by atoms with Crippen LogP contribution in [0.4, 0.5) is 0 Å². The number of nitrogens with zero attached hydrogens (tertiary/aromatic N) is 3. The Morgan fingerprint density at radius 3 is 2.63 bits per heavy atom. The second-order valence-corrected chi connectivity index (χ2v) is 9.60. The third kappa shape index (κ3) is 3.91. The molecule has 1 saturated heterocycles. The largest absolute Gasteiger partial charge is 0.492 e. The molecular weight excluding hydrogens is 394 g/mol.